The first-order valence-electron chi connectivity index (χ1n) is 7.60. The van der Waals surface area contributed by atoms with Crippen LogP contribution in [0.25, 0.3) is 11.0 Å². The third-order valence-corrected chi connectivity index (χ3v) is 3.96. The maximum atomic E-state index is 12.4. The normalized spacial score (nSPS) is 12.5. The van der Waals surface area contributed by atoms with Gasteiger partial charge in [0.05, 0.1) is 12.2 Å². The molecule has 1 N–H and O–H groups in total. The van der Waals surface area contributed by atoms with E-state index in [-0.39, 0.29) is 24.1 Å². The largest absolute Gasteiger partial charge is 0.466 e. The molecule has 0 saturated carbocycles. The van der Waals surface area contributed by atoms with E-state index in [9.17, 15) is 9.59 Å². The Hall–Kier alpha value is -2.90. The van der Waals surface area contributed by atoms with E-state index in [0.29, 0.717) is 11.0 Å². The molecule has 24 heavy (non-hydrogen) atoms. The molecule has 0 aliphatic rings. The van der Waals surface area contributed by atoms with Crippen LogP contribution in [0, 0.1) is 13.8 Å². The number of carbonyl (C=O) groups excluding carboxylic acids is 1. The third kappa shape index (κ3) is 2.82. The number of hydrogen-bond acceptors (Lipinski definition) is 5. The van der Waals surface area contributed by atoms with Gasteiger partial charge in [0.25, 0.3) is 5.56 Å². The van der Waals surface area contributed by atoms with Gasteiger partial charge >= 0.3 is 0 Å². The first kappa shape index (κ1) is 16.0. The van der Waals surface area contributed by atoms with Crippen LogP contribution >= 0.6 is 0 Å². The quantitative estimate of drug-likeness (QED) is 0.776. The SMILES string of the molecule is Cc1cc([C@H](C)NC(=O)Cn2cnc3c(cnn3C)c2=O)c(C)o1. The zero-order valence-electron chi connectivity index (χ0n) is 14.0. The first-order chi connectivity index (χ1) is 11.4. The molecule has 3 aromatic heterocycles. The summed E-state index contributed by atoms with van der Waals surface area (Å²) in [5.41, 5.74) is 1.13. The minimum atomic E-state index is -0.286. The van der Waals surface area contributed by atoms with E-state index in [2.05, 4.69) is 15.4 Å². The van der Waals surface area contributed by atoms with Gasteiger partial charge in [0, 0.05) is 12.6 Å². The van der Waals surface area contributed by atoms with Crippen molar-refractivity contribution in [2.24, 2.45) is 7.05 Å². The van der Waals surface area contributed by atoms with E-state index >= 15 is 0 Å². The molecule has 0 fully saturated rings. The van der Waals surface area contributed by atoms with Crippen LogP contribution in [0.2, 0.25) is 0 Å². The van der Waals surface area contributed by atoms with Gasteiger partial charge in [-0.2, -0.15) is 5.10 Å². The molecule has 0 aliphatic carbocycles. The zero-order chi connectivity index (χ0) is 17.4. The second kappa shape index (κ2) is 5.95. The molecule has 3 aromatic rings. The van der Waals surface area contributed by atoms with Crippen LogP contribution in [0.5, 0.6) is 0 Å². The van der Waals surface area contributed by atoms with Crippen LogP contribution in [0.1, 0.15) is 30.0 Å². The molecule has 0 saturated heterocycles. The number of nitrogens with zero attached hydrogens (tertiary/aromatic N) is 4. The molecule has 8 heteroatoms. The van der Waals surface area contributed by atoms with Crippen molar-refractivity contribution in [1.29, 1.82) is 0 Å². The number of fused-ring (bicyclic) bond motifs is 1. The van der Waals surface area contributed by atoms with E-state index in [0.717, 1.165) is 17.1 Å². The van der Waals surface area contributed by atoms with Crippen LogP contribution in [0.15, 0.2) is 27.8 Å². The summed E-state index contributed by atoms with van der Waals surface area (Å²) in [6.07, 6.45) is 2.82. The van der Waals surface area contributed by atoms with E-state index in [1.54, 1.807) is 7.05 Å². The molecule has 1 atom stereocenters. The van der Waals surface area contributed by atoms with Crippen molar-refractivity contribution in [2.45, 2.75) is 33.4 Å². The van der Waals surface area contributed by atoms with Crippen molar-refractivity contribution >= 4 is 16.9 Å². The van der Waals surface area contributed by atoms with E-state index < -0.39 is 0 Å². The summed E-state index contributed by atoms with van der Waals surface area (Å²) >= 11 is 0. The lowest BCUT2D eigenvalue weighted by Crippen LogP contribution is -2.34. The van der Waals surface area contributed by atoms with Crippen molar-refractivity contribution < 1.29 is 9.21 Å². The number of amides is 1. The number of aromatic nitrogens is 4. The Labute approximate surface area is 138 Å². The summed E-state index contributed by atoms with van der Waals surface area (Å²) in [6, 6.07) is 1.69. The van der Waals surface area contributed by atoms with Gasteiger partial charge in [-0.1, -0.05) is 0 Å². The van der Waals surface area contributed by atoms with Crippen LogP contribution in [0.3, 0.4) is 0 Å². The lowest BCUT2D eigenvalue weighted by Gasteiger charge is -2.13. The Morgan fingerprint density at radius 2 is 2.17 bits per heavy atom. The predicted octanol–water partition coefficient (Wildman–Crippen LogP) is 1.22. The maximum Gasteiger partial charge on any atom is 0.264 e. The summed E-state index contributed by atoms with van der Waals surface area (Å²) in [7, 11) is 1.71. The molecule has 3 rings (SSSR count). The maximum absolute atomic E-state index is 12.4. The molecule has 0 radical (unpaired) electrons. The number of furan rings is 1. The number of hydrogen-bond donors (Lipinski definition) is 1. The number of aryl methyl sites for hydroxylation is 3. The van der Waals surface area contributed by atoms with Crippen LogP contribution in [0.4, 0.5) is 0 Å². The molecule has 8 nitrogen and oxygen atoms in total. The van der Waals surface area contributed by atoms with Gasteiger partial charge in [0.1, 0.15) is 29.8 Å². The van der Waals surface area contributed by atoms with Crippen molar-refractivity contribution in [3.63, 3.8) is 0 Å². The van der Waals surface area contributed by atoms with E-state index in [1.807, 2.05) is 26.8 Å². The highest BCUT2D eigenvalue weighted by atomic mass is 16.3. The molecule has 126 valence electrons. The van der Waals surface area contributed by atoms with Crippen molar-refractivity contribution in [2.75, 3.05) is 0 Å². The molecular formula is C16H19N5O3. The van der Waals surface area contributed by atoms with Crippen molar-refractivity contribution in [3.8, 4) is 0 Å². The molecule has 0 aliphatic heterocycles. The standard InChI is InChI=1S/C16H19N5O3/c1-9-5-12(11(3)24-9)10(2)19-14(22)7-21-8-17-15-13(16(21)23)6-18-20(15)4/h5-6,8,10H,7H2,1-4H3,(H,19,22)/t10-/m0/s1. The smallest absolute Gasteiger partial charge is 0.264 e. The molecular weight excluding hydrogens is 310 g/mol. The third-order valence-electron chi connectivity index (χ3n) is 3.96. The van der Waals surface area contributed by atoms with Crippen LogP contribution < -0.4 is 10.9 Å². The Morgan fingerprint density at radius 3 is 2.83 bits per heavy atom. The average Bonchev–Trinajstić information content (AvgIpc) is 3.05. The average molecular weight is 329 g/mol. The van der Waals surface area contributed by atoms with Gasteiger partial charge in [-0.05, 0) is 26.8 Å². The highest BCUT2D eigenvalue weighted by Crippen LogP contribution is 2.21. The molecule has 1 amide bonds. The van der Waals surface area contributed by atoms with Gasteiger partial charge in [-0.3, -0.25) is 18.8 Å². The Bertz CT molecular complexity index is 966. The molecule has 3 heterocycles. The fourth-order valence-corrected chi connectivity index (χ4v) is 2.78. The lowest BCUT2D eigenvalue weighted by atomic mass is 10.1. The van der Waals surface area contributed by atoms with Gasteiger partial charge in [0.2, 0.25) is 5.91 Å². The minimum Gasteiger partial charge on any atom is -0.466 e. The van der Waals surface area contributed by atoms with Crippen molar-refractivity contribution in [3.05, 3.63) is 46.0 Å². The monoisotopic (exact) mass is 329 g/mol. The lowest BCUT2D eigenvalue weighted by molar-refractivity contribution is -0.122. The summed E-state index contributed by atoms with van der Waals surface area (Å²) in [6.45, 7) is 5.49. The Morgan fingerprint density at radius 1 is 1.42 bits per heavy atom. The summed E-state index contributed by atoms with van der Waals surface area (Å²) in [5.74, 6) is 1.30. The van der Waals surface area contributed by atoms with Gasteiger partial charge in [-0.15, -0.1) is 0 Å². The first-order valence-corrected chi connectivity index (χ1v) is 7.60. The van der Waals surface area contributed by atoms with Gasteiger partial charge in [-0.25, -0.2) is 4.98 Å². The number of carbonyl (C=O) groups is 1. The van der Waals surface area contributed by atoms with Gasteiger partial charge < -0.3 is 9.73 Å². The fourth-order valence-electron chi connectivity index (χ4n) is 2.78. The molecule has 0 spiro atoms. The zero-order valence-corrected chi connectivity index (χ0v) is 14.0. The molecule has 0 aromatic carbocycles. The fraction of sp³-hybridized carbons (Fsp3) is 0.375. The summed E-state index contributed by atoms with van der Waals surface area (Å²) in [4.78, 5) is 28.8. The highest BCUT2D eigenvalue weighted by molar-refractivity contribution is 5.77. The number of nitrogens with one attached hydrogen (secondary N) is 1. The minimum absolute atomic E-state index is 0.100. The second-order valence-electron chi connectivity index (χ2n) is 5.84. The van der Waals surface area contributed by atoms with Crippen molar-refractivity contribution in [1.82, 2.24) is 24.6 Å². The molecule has 0 unspecified atom stereocenters. The summed E-state index contributed by atoms with van der Waals surface area (Å²) < 4.78 is 8.28. The Kier molecular flexibility index (Phi) is 3.96. The van der Waals surface area contributed by atoms with E-state index in [4.69, 9.17) is 4.42 Å². The second-order valence-corrected chi connectivity index (χ2v) is 5.84. The van der Waals surface area contributed by atoms with Gasteiger partial charge in [0.15, 0.2) is 5.65 Å². The Balaban J connectivity index is 1.76. The summed E-state index contributed by atoms with van der Waals surface area (Å²) in [5, 5.41) is 7.27. The van der Waals surface area contributed by atoms with Crippen LogP contribution in [-0.2, 0) is 18.4 Å². The number of rotatable bonds is 4. The highest BCUT2D eigenvalue weighted by Gasteiger charge is 2.16. The van der Waals surface area contributed by atoms with Crippen LogP contribution in [-0.4, -0.2) is 25.2 Å². The topological polar surface area (TPSA) is 95.0 Å². The predicted molar refractivity (Wildman–Crippen MR) is 87.5 cm³/mol. The molecule has 0 bridgehead atoms. The van der Waals surface area contributed by atoms with E-state index in [1.165, 1.54) is 21.8 Å².